The van der Waals surface area contributed by atoms with Crippen LogP contribution in [0.1, 0.15) is 34.6 Å². The van der Waals surface area contributed by atoms with Crippen molar-refractivity contribution >= 4 is 40.5 Å². The van der Waals surface area contributed by atoms with Gasteiger partial charge in [0, 0.05) is 17.3 Å². The van der Waals surface area contributed by atoms with E-state index in [1.165, 1.54) is 0 Å². The molecule has 1 atom stereocenters. The first kappa shape index (κ1) is 19.7. The van der Waals surface area contributed by atoms with Gasteiger partial charge < -0.3 is 9.88 Å². The van der Waals surface area contributed by atoms with Crippen LogP contribution < -0.4 is 5.32 Å². The first-order valence-corrected chi connectivity index (χ1v) is 10.3. The number of carbonyl (C=O) groups is 1. The number of hydrogen-bond acceptors (Lipinski definition) is 3. The van der Waals surface area contributed by atoms with E-state index in [9.17, 15) is 4.79 Å². The van der Waals surface area contributed by atoms with Gasteiger partial charge in [-0.05, 0) is 49.2 Å². The monoisotopic (exact) mass is 426 g/mol. The Bertz CT molecular complexity index is 1100. The Morgan fingerprint density at radius 2 is 2.00 bits per heavy atom. The molecule has 2 aromatic carbocycles. The maximum Gasteiger partial charge on any atom is 0.272 e. The maximum atomic E-state index is 13.0. The molecule has 0 radical (unpaired) electrons. The van der Waals surface area contributed by atoms with Crippen molar-refractivity contribution in [3.63, 3.8) is 0 Å². The van der Waals surface area contributed by atoms with Crippen LogP contribution >= 0.6 is 23.2 Å². The van der Waals surface area contributed by atoms with E-state index in [0.717, 1.165) is 34.4 Å². The van der Waals surface area contributed by atoms with E-state index in [1.807, 2.05) is 55.5 Å². The van der Waals surface area contributed by atoms with Crippen molar-refractivity contribution < 1.29 is 4.79 Å². The zero-order valence-corrected chi connectivity index (χ0v) is 17.6. The molecule has 1 N–H and O–H groups in total. The van der Waals surface area contributed by atoms with Crippen molar-refractivity contribution in [3.8, 4) is 11.3 Å². The number of anilines is 1. The van der Waals surface area contributed by atoms with Crippen molar-refractivity contribution in [1.82, 2.24) is 4.57 Å². The normalized spacial score (nSPS) is 15.9. The Hall–Kier alpha value is -2.63. The summed E-state index contributed by atoms with van der Waals surface area (Å²) in [6.45, 7) is 4.08. The fourth-order valence-corrected chi connectivity index (χ4v) is 3.84. The second-order valence-electron chi connectivity index (χ2n) is 6.98. The van der Waals surface area contributed by atoms with Gasteiger partial charge in [-0.2, -0.15) is 10.2 Å². The number of aryl methyl sites for hydroxylation is 2. The van der Waals surface area contributed by atoms with Crippen molar-refractivity contribution in [2.24, 2.45) is 10.2 Å². The fourth-order valence-electron chi connectivity index (χ4n) is 3.49. The summed E-state index contributed by atoms with van der Waals surface area (Å²) in [4.78, 5) is 12.3. The van der Waals surface area contributed by atoms with Crippen LogP contribution in [-0.4, -0.2) is 10.5 Å². The van der Waals surface area contributed by atoms with Gasteiger partial charge in [0.05, 0.1) is 17.1 Å². The number of aromatic nitrogens is 1. The van der Waals surface area contributed by atoms with E-state index >= 15 is 0 Å². The predicted molar refractivity (Wildman–Crippen MR) is 117 cm³/mol. The highest BCUT2D eigenvalue weighted by molar-refractivity contribution is 6.44. The first-order chi connectivity index (χ1) is 14.0. The summed E-state index contributed by atoms with van der Waals surface area (Å²) in [5.74, 6) is -0.271. The third-order valence-corrected chi connectivity index (χ3v) is 5.44. The molecule has 148 valence electrons. The summed E-state index contributed by atoms with van der Waals surface area (Å²) in [5, 5.41) is 11.7. The number of hydrogen-bond donors (Lipinski definition) is 1. The van der Waals surface area contributed by atoms with E-state index in [0.29, 0.717) is 11.4 Å². The summed E-state index contributed by atoms with van der Waals surface area (Å²) >= 11 is 12.4. The molecule has 0 saturated heterocycles. The molecule has 5 nitrogen and oxygen atoms in total. The largest absolute Gasteiger partial charge is 0.322 e. The third kappa shape index (κ3) is 3.80. The van der Waals surface area contributed by atoms with Crippen LogP contribution in [0.4, 0.5) is 11.4 Å². The van der Waals surface area contributed by atoms with Crippen LogP contribution in [-0.2, 0) is 11.2 Å². The zero-order valence-electron chi connectivity index (χ0n) is 16.1. The van der Waals surface area contributed by atoms with Gasteiger partial charge in [-0.25, -0.2) is 0 Å². The smallest absolute Gasteiger partial charge is 0.272 e. The molecule has 1 aromatic heterocycles. The average Bonchev–Trinajstić information content (AvgIpc) is 3.10. The highest BCUT2D eigenvalue weighted by Gasteiger charge is 2.31. The van der Waals surface area contributed by atoms with Crippen molar-refractivity contribution in [1.29, 1.82) is 0 Å². The van der Waals surface area contributed by atoms with E-state index in [-0.39, 0.29) is 5.91 Å². The maximum absolute atomic E-state index is 13.0. The molecule has 0 fully saturated rings. The highest BCUT2D eigenvalue weighted by atomic mass is 35.5. The number of fused-ring (bicyclic) bond motifs is 3. The van der Waals surface area contributed by atoms with Gasteiger partial charge in [-0.1, -0.05) is 53.9 Å². The molecule has 0 bridgehead atoms. The van der Waals surface area contributed by atoms with Gasteiger partial charge >= 0.3 is 0 Å². The number of amides is 1. The van der Waals surface area contributed by atoms with E-state index < -0.39 is 11.0 Å². The minimum Gasteiger partial charge on any atom is -0.322 e. The van der Waals surface area contributed by atoms with Gasteiger partial charge in [0.15, 0.2) is 0 Å². The van der Waals surface area contributed by atoms with Crippen LogP contribution in [0.15, 0.2) is 65.0 Å². The second kappa shape index (κ2) is 8.01. The number of nitrogens with one attached hydrogen (secondary N) is 1. The Morgan fingerprint density at radius 1 is 1.17 bits per heavy atom. The predicted octanol–water partition coefficient (Wildman–Crippen LogP) is 6.74. The van der Waals surface area contributed by atoms with Crippen molar-refractivity contribution in [2.45, 2.75) is 31.3 Å². The molecule has 2 heterocycles. The van der Waals surface area contributed by atoms with Crippen LogP contribution in [0.3, 0.4) is 0 Å². The SMILES string of the molecule is CCc1cccc(N=N[C@H]2C(=O)Nc3ccc(C)cc3-c3c(C(Cl)Cl)ccn32)c1. The summed E-state index contributed by atoms with van der Waals surface area (Å²) < 4.78 is 1.78. The molecule has 0 aliphatic carbocycles. The number of azo groups is 1. The quantitative estimate of drug-likeness (QED) is 0.364. The summed E-state index contributed by atoms with van der Waals surface area (Å²) in [6, 6.07) is 15.5. The molecule has 7 heteroatoms. The average molecular weight is 427 g/mol. The number of benzene rings is 2. The number of halogens is 2. The summed E-state index contributed by atoms with van der Waals surface area (Å²) in [6.07, 6.45) is 1.81. The first-order valence-electron chi connectivity index (χ1n) is 9.38. The molecule has 0 spiro atoms. The molecule has 4 rings (SSSR count). The summed E-state index contributed by atoms with van der Waals surface area (Å²) in [5.41, 5.74) is 5.97. The Balaban J connectivity index is 1.83. The van der Waals surface area contributed by atoms with Gasteiger partial charge in [0.1, 0.15) is 4.84 Å². The minimum absolute atomic E-state index is 0.271. The zero-order chi connectivity index (χ0) is 20.5. The fraction of sp³-hybridized carbons (Fsp3) is 0.227. The van der Waals surface area contributed by atoms with Crippen LogP contribution in [0.25, 0.3) is 11.3 Å². The van der Waals surface area contributed by atoms with Crippen molar-refractivity contribution in [3.05, 3.63) is 71.4 Å². The third-order valence-electron chi connectivity index (χ3n) is 4.97. The molecular formula is C22H20Cl2N4O. The number of rotatable bonds is 4. The molecule has 0 saturated carbocycles. The van der Waals surface area contributed by atoms with E-state index in [4.69, 9.17) is 23.2 Å². The Labute approximate surface area is 179 Å². The molecule has 1 aliphatic rings. The minimum atomic E-state index is -0.871. The second-order valence-corrected chi connectivity index (χ2v) is 8.07. The number of alkyl halides is 2. The summed E-state index contributed by atoms with van der Waals surface area (Å²) in [7, 11) is 0. The molecule has 3 aromatic rings. The Morgan fingerprint density at radius 3 is 2.76 bits per heavy atom. The lowest BCUT2D eigenvalue weighted by atomic mass is 10.0. The molecule has 0 unspecified atom stereocenters. The van der Waals surface area contributed by atoms with Crippen LogP contribution in [0.5, 0.6) is 0 Å². The lowest BCUT2D eigenvalue weighted by Crippen LogP contribution is -2.22. The van der Waals surface area contributed by atoms with Gasteiger partial charge in [-0.3, -0.25) is 4.79 Å². The molecule has 1 amide bonds. The van der Waals surface area contributed by atoms with Crippen LogP contribution in [0, 0.1) is 6.92 Å². The lowest BCUT2D eigenvalue weighted by molar-refractivity contribution is -0.119. The molecular weight excluding hydrogens is 407 g/mol. The van der Waals surface area contributed by atoms with Crippen LogP contribution in [0.2, 0.25) is 0 Å². The van der Waals surface area contributed by atoms with Gasteiger partial charge in [-0.15, -0.1) is 0 Å². The highest BCUT2D eigenvalue weighted by Crippen LogP contribution is 2.42. The Kier molecular flexibility index (Phi) is 5.43. The molecule has 1 aliphatic heterocycles. The molecule has 29 heavy (non-hydrogen) atoms. The standard InChI is InChI=1S/C22H20Cl2N4O/c1-3-14-5-4-6-15(12-14)26-27-21-22(29)25-18-8-7-13(2)11-17(18)19-16(20(23)24)9-10-28(19)21/h4-12,20-21H,3H2,1-2H3,(H,25,29)/t21-/m1/s1. The van der Waals surface area contributed by atoms with Gasteiger partial charge in [0.2, 0.25) is 6.17 Å². The lowest BCUT2D eigenvalue weighted by Gasteiger charge is -2.14. The van der Waals surface area contributed by atoms with Gasteiger partial charge in [0.25, 0.3) is 5.91 Å². The number of carbonyl (C=O) groups excluding carboxylic acids is 1. The van der Waals surface area contributed by atoms with E-state index in [1.54, 1.807) is 10.8 Å². The topological polar surface area (TPSA) is 58.8 Å². The van der Waals surface area contributed by atoms with Crippen molar-refractivity contribution in [2.75, 3.05) is 5.32 Å². The van der Waals surface area contributed by atoms with E-state index in [2.05, 4.69) is 22.5 Å². The number of nitrogens with zero attached hydrogens (tertiary/aromatic N) is 3.